The zero-order valence-corrected chi connectivity index (χ0v) is 19.1. The van der Waals surface area contributed by atoms with E-state index in [9.17, 15) is 4.79 Å². The van der Waals surface area contributed by atoms with Crippen LogP contribution in [0.25, 0.3) is 5.69 Å². The van der Waals surface area contributed by atoms with Crippen molar-refractivity contribution < 1.29 is 14.3 Å². The summed E-state index contributed by atoms with van der Waals surface area (Å²) in [6.45, 7) is 4.11. The van der Waals surface area contributed by atoms with E-state index in [0.717, 1.165) is 37.6 Å². The van der Waals surface area contributed by atoms with Gasteiger partial charge in [0.05, 0.1) is 22.2 Å². The van der Waals surface area contributed by atoms with Crippen LogP contribution in [0.2, 0.25) is 5.02 Å². The molecule has 0 atom stereocenters. The van der Waals surface area contributed by atoms with Crippen molar-refractivity contribution in [3.8, 4) is 17.2 Å². The number of carbonyl (C=O) groups is 1. The predicted molar refractivity (Wildman–Crippen MR) is 124 cm³/mol. The Balaban J connectivity index is 1.34. The summed E-state index contributed by atoms with van der Waals surface area (Å²) >= 11 is 7.61. The molecule has 0 saturated carbocycles. The number of benzene rings is 2. The number of thioether (sulfide) groups is 1. The number of amides is 1. The Morgan fingerprint density at radius 2 is 1.84 bits per heavy atom. The average molecular weight is 472 g/mol. The van der Waals surface area contributed by atoms with Crippen LogP contribution < -0.4 is 19.7 Å². The fourth-order valence-electron chi connectivity index (χ4n) is 3.73. The number of aromatic nitrogens is 3. The molecule has 166 valence electrons. The third-order valence-electron chi connectivity index (χ3n) is 5.37. The molecule has 3 aromatic rings. The Kier molecular flexibility index (Phi) is 5.84. The third-order valence-corrected chi connectivity index (χ3v) is 6.61. The van der Waals surface area contributed by atoms with Crippen molar-refractivity contribution in [1.82, 2.24) is 14.8 Å². The highest BCUT2D eigenvalue weighted by Gasteiger charge is 2.23. The zero-order valence-electron chi connectivity index (χ0n) is 17.5. The first kappa shape index (κ1) is 21.0. The van der Waals surface area contributed by atoms with Gasteiger partial charge in [0.15, 0.2) is 16.7 Å². The molecule has 2 aromatic carbocycles. The van der Waals surface area contributed by atoms with E-state index in [1.807, 2.05) is 4.57 Å². The predicted octanol–water partition coefficient (Wildman–Crippen LogP) is 4.29. The van der Waals surface area contributed by atoms with Gasteiger partial charge in [0.1, 0.15) is 0 Å². The number of nitrogens with zero attached hydrogens (tertiary/aromatic N) is 4. The van der Waals surface area contributed by atoms with Crippen LogP contribution >= 0.6 is 23.4 Å². The molecule has 5 rings (SSSR count). The molecular formula is C22H22ClN5O3S. The molecule has 0 bridgehead atoms. The molecule has 0 unspecified atom stereocenters. The van der Waals surface area contributed by atoms with Gasteiger partial charge in [0.2, 0.25) is 18.6 Å². The number of carbonyl (C=O) groups excluding carboxylic acids is 1. The molecule has 2 aliphatic rings. The van der Waals surface area contributed by atoms with Crippen molar-refractivity contribution in [3.63, 3.8) is 0 Å². The number of ether oxygens (including phenoxy) is 2. The summed E-state index contributed by atoms with van der Waals surface area (Å²) in [4.78, 5) is 14.9. The summed E-state index contributed by atoms with van der Waals surface area (Å²) in [7, 11) is 0. The molecule has 10 heteroatoms. The average Bonchev–Trinajstić information content (AvgIpc) is 3.53. The number of hydrogen-bond donors (Lipinski definition) is 1. The van der Waals surface area contributed by atoms with Crippen LogP contribution in [0, 0.1) is 6.92 Å². The maximum absolute atomic E-state index is 12.7. The van der Waals surface area contributed by atoms with Crippen LogP contribution in [-0.2, 0) is 4.79 Å². The SMILES string of the molecule is Cc1ccc(-n2c(SCC(=O)Nc3cc4c(cc3Cl)OCO4)nnc2N2CCCC2)cc1. The van der Waals surface area contributed by atoms with E-state index in [0.29, 0.717) is 27.4 Å². The summed E-state index contributed by atoms with van der Waals surface area (Å²) in [5, 5.41) is 12.8. The summed E-state index contributed by atoms with van der Waals surface area (Å²) < 4.78 is 12.7. The number of anilines is 2. The number of hydrogen-bond acceptors (Lipinski definition) is 7. The summed E-state index contributed by atoms with van der Waals surface area (Å²) in [6, 6.07) is 11.5. The number of rotatable bonds is 6. The van der Waals surface area contributed by atoms with Crippen LogP contribution in [-0.4, -0.2) is 46.3 Å². The van der Waals surface area contributed by atoms with E-state index in [-0.39, 0.29) is 18.5 Å². The lowest BCUT2D eigenvalue weighted by Gasteiger charge is -2.18. The minimum Gasteiger partial charge on any atom is -0.454 e. The van der Waals surface area contributed by atoms with Gasteiger partial charge >= 0.3 is 0 Å². The van der Waals surface area contributed by atoms with E-state index < -0.39 is 0 Å². The number of nitrogens with one attached hydrogen (secondary N) is 1. The second kappa shape index (κ2) is 8.91. The second-order valence-electron chi connectivity index (χ2n) is 7.67. The summed E-state index contributed by atoms with van der Waals surface area (Å²) in [5.74, 6) is 1.91. The molecule has 8 nitrogen and oxygen atoms in total. The lowest BCUT2D eigenvalue weighted by atomic mass is 10.2. The lowest BCUT2D eigenvalue weighted by Crippen LogP contribution is -2.22. The molecule has 3 heterocycles. The minimum absolute atomic E-state index is 0.146. The van der Waals surface area contributed by atoms with Gasteiger partial charge in [0, 0.05) is 25.2 Å². The third kappa shape index (κ3) is 4.22. The van der Waals surface area contributed by atoms with Crippen LogP contribution in [0.5, 0.6) is 11.5 Å². The van der Waals surface area contributed by atoms with Gasteiger partial charge in [-0.05, 0) is 31.9 Å². The molecule has 1 saturated heterocycles. The Labute approximate surface area is 194 Å². The summed E-state index contributed by atoms with van der Waals surface area (Å²) in [6.07, 6.45) is 2.28. The van der Waals surface area contributed by atoms with Crippen molar-refractivity contribution in [3.05, 3.63) is 47.0 Å². The number of aryl methyl sites for hydroxylation is 1. The molecule has 0 aliphatic carbocycles. The molecule has 1 aromatic heterocycles. The van der Waals surface area contributed by atoms with E-state index in [1.165, 1.54) is 17.3 Å². The molecule has 32 heavy (non-hydrogen) atoms. The van der Waals surface area contributed by atoms with E-state index in [4.69, 9.17) is 21.1 Å². The lowest BCUT2D eigenvalue weighted by molar-refractivity contribution is -0.113. The van der Waals surface area contributed by atoms with Crippen LogP contribution in [0.1, 0.15) is 18.4 Å². The Morgan fingerprint density at radius 1 is 1.12 bits per heavy atom. The maximum atomic E-state index is 12.7. The van der Waals surface area contributed by atoms with Crippen molar-refractivity contribution in [1.29, 1.82) is 0 Å². The van der Waals surface area contributed by atoms with Crippen LogP contribution in [0.3, 0.4) is 0 Å². The first-order chi connectivity index (χ1) is 15.6. The number of fused-ring (bicyclic) bond motifs is 1. The molecule has 1 fully saturated rings. The molecule has 2 aliphatic heterocycles. The van der Waals surface area contributed by atoms with Crippen molar-refractivity contribution in [2.24, 2.45) is 0 Å². The Bertz CT molecular complexity index is 1150. The molecular weight excluding hydrogens is 450 g/mol. The second-order valence-corrected chi connectivity index (χ2v) is 9.02. The van der Waals surface area contributed by atoms with Gasteiger partial charge in [0.25, 0.3) is 0 Å². The minimum atomic E-state index is -0.197. The standard InChI is InChI=1S/C22H22ClN5O3S/c1-14-4-6-15(7-5-14)28-21(27-8-2-3-9-27)25-26-22(28)32-12-20(29)24-17-11-19-18(10-16(17)23)30-13-31-19/h4-7,10-11H,2-3,8-9,12-13H2,1H3,(H,24,29). The maximum Gasteiger partial charge on any atom is 0.234 e. The molecule has 0 radical (unpaired) electrons. The topological polar surface area (TPSA) is 81.5 Å². The van der Waals surface area contributed by atoms with Crippen molar-refractivity contribution in [2.75, 3.05) is 35.9 Å². The monoisotopic (exact) mass is 471 g/mol. The summed E-state index contributed by atoms with van der Waals surface area (Å²) in [5.41, 5.74) is 2.64. The van der Waals surface area contributed by atoms with Gasteiger partial charge in [-0.3, -0.25) is 9.36 Å². The Hall–Kier alpha value is -2.91. The van der Waals surface area contributed by atoms with Crippen molar-refractivity contribution in [2.45, 2.75) is 24.9 Å². The van der Waals surface area contributed by atoms with Crippen LogP contribution in [0.4, 0.5) is 11.6 Å². The van der Waals surface area contributed by atoms with Gasteiger partial charge in [-0.25, -0.2) is 0 Å². The quantitative estimate of drug-likeness (QED) is 0.537. The van der Waals surface area contributed by atoms with Crippen molar-refractivity contribution >= 4 is 40.9 Å². The number of halogens is 1. The van der Waals surface area contributed by atoms with E-state index in [2.05, 4.69) is 51.6 Å². The molecule has 0 spiro atoms. The highest BCUT2D eigenvalue weighted by molar-refractivity contribution is 7.99. The van der Waals surface area contributed by atoms with E-state index >= 15 is 0 Å². The smallest absolute Gasteiger partial charge is 0.234 e. The van der Waals surface area contributed by atoms with E-state index in [1.54, 1.807) is 12.1 Å². The highest BCUT2D eigenvalue weighted by Crippen LogP contribution is 2.39. The highest BCUT2D eigenvalue weighted by atomic mass is 35.5. The first-order valence-electron chi connectivity index (χ1n) is 10.4. The van der Waals surface area contributed by atoms with Crippen LogP contribution in [0.15, 0.2) is 41.6 Å². The normalized spacial score (nSPS) is 14.8. The van der Waals surface area contributed by atoms with Gasteiger partial charge in [-0.1, -0.05) is 41.1 Å². The zero-order chi connectivity index (χ0) is 22.1. The van der Waals surface area contributed by atoms with Gasteiger partial charge in [-0.15, -0.1) is 10.2 Å². The first-order valence-corrected chi connectivity index (χ1v) is 11.7. The van der Waals surface area contributed by atoms with Gasteiger partial charge in [-0.2, -0.15) is 0 Å². The fourth-order valence-corrected chi connectivity index (χ4v) is 4.67. The largest absolute Gasteiger partial charge is 0.454 e. The molecule has 1 N–H and O–H groups in total. The fraction of sp³-hybridized carbons (Fsp3) is 0.318. The Morgan fingerprint density at radius 3 is 2.59 bits per heavy atom. The van der Waals surface area contributed by atoms with Gasteiger partial charge < -0.3 is 19.7 Å². The molecule has 1 amide bonds.